The van der Waals surface area contributed by atoms with E-state index in [4.69, 9.17) is 24.1 Å². The molecule has 1 aromatic carbocycles. The summed E-state index contributed by atoms with van der Waals surface area (Å²) in [6.45, 7) is 7.12. The summed E-state index contributed by atoms with van der Waals surface area (Å²) < 4.78 is 16.7. The van der Waals surface area contributed by atoms with Crippen molar-refractivity contribution in [2.24, 2.45) is 11.8 Å². The number of fused-ring (bicyclic) bond motifs is 1. The lowest BCUT2D eigenvalue weighted by Crippen LogP contribution is -2.42. The molecule has 1 aromatic rings. The van der Waals surface area contributed by atoms with E-state index in [2.05, 4.69) is 21.9 Å². The van der Waals surface area contributed by atoms with Crippen LogP contribution >= 0.6 is 0 Å². The Morgan fingerprint density at radius 2 is 1.76 bits per heavy atom. The van der Waals surface area contributed by atoms with Crippen molar-refractivity contribution in [2.45, 2.75) is 19.0 Å². The number of amides is 1. The minimum absolute atomic E-state index is 0.140. The highest BCUT2D eigenvalue weighted by atomic mass is 16.5. The molecule has 0 spiro atoms. The number of hydrogen-bond donors (Lipinski definition) is 1. The molecule has 1 N–H and O–H groups in total. The third-order valence-electron chi connectivity index (χ3n) is 6.06. The predicted octanol–water partition coefficient (Wildman–Crippen LogP) is 1.26. The molecule has 0 radical (unpaired) electrons. The summed E-state index contributed by atoms with van der Waals surface area (Å²) in [5.41, 5.74) is 1.20. The predicted molar refractivity (Wildman–Crippen MR) is 106 cm³/mol. The molecule has 3 saturated heterocycles. The molecule has 8 heteroatoms. The second kappa shape index (κ2) is 10.0. The van der Waals surface area contributed by atoms with Crippen LogP contribution in [0.1, 0.15) is 18.5 Å². The zero-order valence-corrected chi connectivity index (χ0v) is 17.0. The van der Waals surface area contributed by atoms with Gasteiger partial charge in [0.1, 0.15) is 5.75 Å². The molecular formula is C21H30N2O6. The van der Waals surface area contributed by atoms with Crippen molar-refractivity contribution < 1.29 is 28.9 Å². The third kappa shape index (κ3) is 4.88. The van der Waals surface area contributed by atoms with Crippen LogP contribution in [0.15, 0.2) is 24.3 Å². The van der Waals surface area contributed by atoms with E-state index in [1.807, 2.05) is 12.1 Å². The van der Waals surface area contributed by atoms with Crippen molar-refractivity contribution in [3.63, 3.8) is 0 Å². The van der Waals surface area contributed by atoms with Crippen LogP contribution in [-0.4, -0.2) is 86.5 Å². The van der Waals surface area contributed by atoms with E-state index in [0.717, 1.165) is 38.6 Å². The summed E-state index contributed by atoms with van der Waals surface area (Å²) in [6, 6.07) is 8.64. The SMILES string of the molecule is COc1ccc([C@H]2[C@@H]3CN(C4COCCOC4)C[C@@H]3CN2C(C)=O)cc1.O=CO. The molecular weight excluding hydrogens is 376 g/mol. The zero-order chi connectivity index (χ0) is 20.8. The normalized spacial score (nSPS) is 27.5. The molecule has 0 saturated carbocycles. The number of hydrogen-bond acceptors (Lipinski definition) is 6. The topological polar surface area (TPSA) is 88.5 Å². The van der Waals surface area contributed by atoms with Crippen molar-refractivity contribution in [2.75, 3.05) is 53.2 Å². The third-order valence-corrected chi connectivity index (χ3v) is 6.06. The molecule has 3 aliphatic heterocycles. The molecule has 29 heavy (non-hydrogen) atoms. The van der Waals surface area contributed by atoms with Gasteiger partial charge in [-0.3, -0.25) is 14.5 Å². The van der Waals surface area contributed by atoms with Crippen LogP contribution in [0.2, 0.25) is 0 Å². The number of likely N-dealkylation sites (tertiary alicyclic amines) is 2. The van der Waals surface area contributed by atoms with Crippen LogP contribution in [0.4, 0.5) is 0 Å². The maximum absolute atomic E-state index is 12.3. The van der Waals surface area contributed by atoms with Crippen molar-refractivity contribution >= 4 is 12.4 Å². The molecule has 3 heterocycles. The van der Waals surface area contributed by atoms with Crippen molar-refractivity contribution in [1.29, 1.82) is 0 Å². The molecule has 8 nitrogen and oxygen atoms in total. The van der Waals surface area contributed by atoms with E-state index >= 15 is 0 Å². The summed E-state index contributed by atoms with van der Waals surface area (Å²) in [4.78, 5) is 25.2. The van der Waals surface area contributed by atoms with Gasteiger partial charge >= 0.3 is 0 Å². The van der Waals surface area contributed by atoms with Gasteiger partial charge < -0.3 is 24.2 Å². The molecule has 0 unspecified atom stereocenters. The maximum Gasteiger partial charge on any atom is 0.290 e. The summed E-state index contributed by atoms with van der Waals surface area (Å²) >= 11 is 0. The minimum atomic E-state index is -0.250. The first kappa shape index (κ1) is 21.5. The number of carbonyl (C=O) groups is 2. The fourth-order valence-corrected chi connectivity index (χ4v) is 4.75. The molecule has 1 amide bonds. The van der Waals surface area contributed by atoms with Crippen LogP contribution < -0.4 is 4.74 Å². The Kier molecular flexibility index (Phi) is 7.46. The molecule has 0 bridgehead atoms. The number of rotatable bonds is 3. The molecule has 3 fully saturated rings. The largest absolute Gasteiger partial charge is 0.497 e. The van der Waals surface area contributed by atoms with Gasteiger partial charge in [-0.2, -0.15) is 0 Å². The molecule has 0 aromatic heterocycles. The Morgan fingerprint density at radius 3 is 2.31 bits per heavy atom. The van der Waals surface area contributed by atoms with Gasteiger partial charge in [-0.25, -0.2) is 0 Å². The second-order valence-electron chi connectivity index (χ2n) is 7.68. The van der Waals surface area contributed by atoms with Crippen molar-refractivity contribution in [3.05, 3.63) is 29.8 Å². The van der Waals surface area contributed by atoms with Crippen LogP contribution in [0.25, 0.3) is 0 Å². The standard InChI is InChI=1S/C20H28N2O4.CH2O2/c1-14(23)22-10-16-9-21(17-12-25-7-8-26-13-17)11-19(16)20(22)15-3-5-18(24-2)6-4-15;2-1-3/h3-6,16-17,19-20H,7-13H2,1-2H3;1H,(H,2,3)/t16-,19-,20+;/m1./s1. The Morgan fingerprint density at radius 1 is 1.14 bits per heavy atom. The monoisotopic (exact) mass is 406 g/mol. The highest BCUT2D eigenvalue weighted by molar-refractivity contribution is 5.74. The fraction of sp³-hybridized carbons (Fsp3) is 0.619. The second-order valence-corrected chi connectivity index (χ2v) is 7.68. The average Bonchev–Trinajstić information content (AvgIpc) is 3.15. The van der Waals surface area contributed by atoms with E-state index in [1.54, 1.807) is 14.0 Å². The van der Waals surface area contributed by atoms with Crippen molar-refractivity contribution in [1.82, 2.24) is 9.80 Å². The summed E-state index contributed by atoms with van der Waals surface area (Å²) in [7, 11) is 1.67. The molecule has 3 aliphatic rings. The fourth-order valence-electron chi connectivity index (χ4n) is 4.75. The first-order valence-corrected chi connectivity index (χ1v) is 9.97. The molecule has 160 valence electrons. The highest BCUT2D eigenvalue weighted by Gasteiger charge is 2.49. The minimum Gasteiger partial charge on any atom is -0.497 e. The van der Waals surface area contributed by atoms with Gasteiger partial charge in [-0.05, 0) is 23.6 Å². The Balaban J connectivity index is 0.000000755. The van der Waals surface area contributed by atoms with E-state index in [0.29, 0.717) is 31.1 Å². The summed E-state index contributed by atoms with van der Waals surface area (Å²) in [5, 5.41) is 6.89. The Hall–Kier alpha value is -2.16. The zero-order valence-electron chi connectivity index (χ0n) is 17.0. The molecule has 4 rings (SSSR count). The summed E-state index contributed by atoms with van der Waals surface area (Å²) in [5.74, 6) is 1.97. The van der Waals surface area contributed by atoms with Gasteiger partial charge in [0.15, 0.2) is 0 Å². The van der Waals surface area contributed by atoms with Gasteiger partial charge in [-0.1, -0.05) is 12.1 Å². The van der Waals surface area contributed by atoms with Crippen molar-refractivity contribution in [3.8, 4) is 5.75 Å². The first-order chi connectivity index (χ1) is 14.1. The number of carbonyl (C=O) groups excluding carboxylic acids is 1. The number of carboxylic acid groups (broad SMARTS) is 1. The summed E-state index contributed by atoms with van der Waals surface area (Å²) in [6.07, 6.45) is 0. The van der Waals surface area contributed by atoms with Gasteiger partial charge in [0, 0.05) is 32.5 Å². The van der Waals surface area contributed by atoms with Crippen LogP contribution in [0.3, 0.4) is 0 Å². The average molecular weight is 406 g/mol. The molecule has 0 aliphatic carbocycles. The number of ether oxygens (including phenoxy) is 3. The quantitative estimate of drug-likeness (QED) is 0.756. The molecule has 3 atom stereocenters. The van der Waals surface area contributed by atoms with Gasteiger partial charge in [-0.15, -0.1) is 0 Å². The van der Waals surface area contributed by atoms with Gasteiger partial charge in [0.05, 0.1) is 45.6 Å². The van der Waals surface area contributed by atoms with Crippen LogP contribution in [-0.2, 0) is 19.1 Å². The van der Waals surface area contributed by atoms with Crippen LogP contribution in [0.5, 0.6) is 5.75 Å². The lowest BCUT2D eigenvalue weighted by molar-refractivity contribution is -0.130. The highest BCUT2D eigenvalue weighted by Crippen LogP contribution is 2.45. The van der Waals surface area contributed by atoms with E-state index in [1.165, 1.54) is 5.56 Å². The number of methoxy groups -OCH3 is 1. The lowest BCUT2D eigenvalue weighted by atomic mass is 9.89. The Labute approximate surface area is 171 Å². The van der Waals surface area contributed by atoms with E-state index in [9.17, 15) is 4.79 Å². The maximum atomic E-state index is 12.3. The smallest absolute Gasteiger partial charge is 0.290 e. The number of nitrogens with zero attached hydrogens (tertiary/aromatic N) is 2. The van der Waals surface area contributed by atoms with E-state index in [-0.39, 0.29) is 18.4 Å². The van der Waals surface area contributed by atoms with Gasteiger partial charge in [0.25, 0.3) is 6.47 Å². The lowest BCUT2D eigenvalue weighted by Gasteiger charge is -2.31. The first-order valence-electron chi connectivity index (χ1n) is 9.97. The number of benzene rings is 1. The van der Waals surface area contributed by atoms with E-state index < -0.39 is 0 Å². The van der Waals surface area contributed by atoms with Gasteiger partial charge in [0.2, 0.25) is 5.91 Å². The Bertz CT molecular complexity index is 674. The van der Waals surface area contributed by atoms with Crippen LogP contribution in [0, 0.1) is 11.8 Å².